The van der Waals surface area contributed by atoms with E-state index in [0.29, 0.717) is 5.56 Å². The quantitative estimate of drug-likeness (QED) is 0.377. The number of hydrogen-bond acceptors (Lipinski definition) is 3. The maximum atomic E-state index is 13.5. The summed E-state index contributed by atoms with van der Waals surface area (Å²) in [5.41, 5.74) is 3.10. The summed E-state index contributed by atoms with van der Waals surface area (Å²) in [7, 11) is 1.34. The normalized spacial score (nSPS) is 12.5. The number of carbonyl (C=O) groups is 2. The molecule has 0 spiro atoms. The van der Waals surface area contributed by atoms with Gasteiger partial charge in [-0.15, -0.1) is 5.73 Å². The van der Waals surface area contributed by atoms with Crippen molar-refractivity contribution in [2.45, 2.75) is 25.8 Å². The first-order valence-electron chi connectivity index (χ1n) is 9.57. The number of carbonyl (C=O) groups excluding carboxylic acids is 2. The molecule has 0 saturated heterocycles. The highest BCUT2D eigenvalue weighted by atomic mass is 16.5. The second kappa shape index (κ2) is 10.8. The zero-order valence-electron chi connectivity index (χ0n) is 17.2. The molecule has 2 aromatic carbocycles. The van der Waals surface area contributed by atoms with Crippen molar-refractivity contribution >= 4 is 11.9 Å². The van der Waals surface area contributed by atoms with Crippen molar-refractivity contribution in [3.8, 4) is 0 Å². The van der Waals surface area contributed by atoms with Gasteiger partial charge in [-0.1, -0.05) is 60.7 Å². The molecule has 4 heteroatoms. The van der Waals surface area contributed by atoms with Gasteiger partial charge in [-0.3, -0.25) is 4.79 Å². The molecule has 1 unspecified atom stereocenters. The lowest BCUT2D eigenvalue weighted by Gasteiger charge is -2.39. The van der Waals surface area contributed by atoms with Gasteiger partial charge >= 0.3 is 5.97 Å². The average Bonchev–Trinajstić information content (AvgIpc) is 2.77. The molecule has 4 nitrogen and oxygen atoms in total. The van der Waals surface area contributed by atoms with Crippen LogP contribution in [0.25, 0.3) is 0 Å². The summed E-state index contributed by atoms with van der Waals surface area (Å²) >= 11 is 0. The third kappa shape index (κ3) is 5.34. The van der Waals surface area contributed by atoms with Gasteiger partial charge in [-0.2, -0.15) is 0 Å². The lowest BCUT2D eigenvalue weighted by Crippen LogP contribution is -2.58. The van der Waals surface area contributed by atoms with E-state index >= 15 is 0 Å². The first-order chi connectivity index (χ1) is 14.1. The molecule has 1 amide bonds. The fourth-order valence-electron chi connectivity index (χ4n) is 3.15. The van der Waals surface area contributed by atoms with Crippen LogP contribution in [0.15, 0.2) is 90.7 Å². The Morgan fingerprint density at radius 3 is 2.21 bits per heavy atom. The fourth-order valence-corrected chi connectivity index (χ4v) is 3.15. The molecule has 0 aliphatic heterocycles. The number of hydrogen-bond donors (Lipinski definition) is 0. The van der Waals surface area contributed by atoms with E-state index in [1.807, 2.05) is 62.4 Å². The Morgan fingerprint density at radius 1 is 1.03 bits per heavy atom. The number of nitrogens with zero attached hydrogens (tertiary/aromatic N) is 1. The molecule has 2 rings (SSSR count). The molecule has 0 aromatic heterocycles. The van der Waals surface area contributed by atoms with E-state index in [0.717, 1.165) is 5.56 Å². The molecule has 150 valence electrons. The highest BCUT2D eigenvalue weighted by Gasteiger charge is 2.45. The second-order valence-corrected chi connectivity index (χ2v) is 6.53. The number of allylic oxidation sites excluding steroid dienone is 1. The number of amides is 1. The minimum atomic E-state index is -1.34. The van der Waals surface area contributed by atoms with Crippen molar-refractivity contribution in [3.63, 3.8) is 0 Å². The van der Waals surface area contributed by atoms with Crippen LogP contribution in [0.4, 0.5) is 0 Å². The van der Waals surface area contributed by atoms with Crippen molar-refractivity contribution in [3.05, 3.63) is 102 Å². The molecule has 1 atom stereocenters. The van der Waals surface area contributed by atoms with Gasteiger partial charge in [0.25, 0.3) is 5.91 Å². The van der Waals surface area contributed by atoms with Crippen LogP contribution in [0.3, 0.4) is 0 Å². The summed E-state index contributed by atoms with van der Waals surface area (Å²) in [5.74, 6) is -0.760. The summed E-state index contributed by atoms with van der Waals surface area (Å²) in [5, 5.41) is 0. The topological polar surface area (TPSA) is 46.6 Å². The van der Waals surface area contributed by atoms with E-state index in [2.05, 4.69) is 5.73 Å². The third-order valence-electron chi connectivity index (χ3n) is 4.62. The maximum Gasteiger partial charge on any atom is 0.336 e. The van der Waals surface area contributed by atoms with Crippen molar-refractivity contribution in [1.82, 2.24) is 4.90 Å². The molecule has 2 aromatic rings. The number of esters is 1. The fraction of sp³-hybridized carbons (Fsp3) is 0.240. The standard InChI is InChI=1S/C25H27NO3/c1-4-6-18-25(24(28)29-3,20-21-14-10-8-11-15-21)26(19-7-5-2)23(27)22-16-12-9-13-17-22/h4-5,7-18H,19-20H2,1-3H3/b7-5+. The van der Waals surface area contributed by atoms with Crippen LogP contribution < -0.4 is 0 Å². The molecule has 0 aliphatic carbocycles. The van der Waals surface area contributed by atoms with E-state index in [1.54, 1.807) is 41.3 Å². The Bertz CT molecular complexity index is 892. The molecular formula is C25H27NO3. The molecule has 29 heavy (non-hydrogen) atoms. The Morgan fingerprint density at radius 2 is 1.66 bits per heavy atom. The van der Waals surface area contributed by atoms with Crippen LogP contribution in [0.1, 0.15) is 29.8 Å². The van der Waals surface area contributed by atoms with Crippen LogP contribution in [-0.2, 0) is 16.0 Å². The molecule has 0 fully saturated rings. The molecule has 0 heterocycles. The van der Waals surface area contributed by atoms with Gasteiger partial charge in [0.2, 0.25) is 0 Å². The Hall–Kier alpha value is -3.36. The molecule has 0 N–H and O–H groups in total. The van der Waals surface area contributed by atoms with Gasteiger partial charge in [0.05, 0.1) is 7.11 Å². The van der Waals surface area contributed by atoms with Gasteiger partial charge in [0.1, 0.15) is 0 Å². The van der Waals surface area contributed by atoms with Gasteiger partial charge < -0.3 is 9.64 Å². The van der Waals surface area contributed by atoms with Crippen molar-refractivity contribution in [2.75, 3.05) is 13.7 Å². The van der Waals surface area contributed by atoms with Crippen LogP contribution in [0.2, 0.25) is 0 Å². The molecule has 0 radical (unpaired) electrons. The smallest absolute Gasteiger partial charge is 0.336 e. The summed E-state index contributed by atoms with van der Waals surface area (Å²) in [6.07, 6.45) is 7.33. The lowest BCUT2D eigenvalue weighted by molar-refractivity contribution is -0.150. The van der Waals surface area contributed by atoms with E-state index in [1.165, 1.54) is 7.11 Å². The number of rotatable bonds is 8. The Kier molecular flexibility index (Phi) is 8.20. The summed E-state index contributed by atoms with van der Waals surface area (Å²) in [4.78, 5) is 28.2. The summed E-state index contributed by atoms with van der Waals surface area (Å²) < 4.78 is 5.19. The first kappa shape index (κ1) is 21.9. The van der Waals surface area contributed by atoms with Crippen LogP contribution in [0.5, 0.6) is 0 Å². The van der Waals surface area contributed by atoms with Gasteiger partial charge in [0, 0.05) is 18.5 Å². The number of ether oxygens (including phenoxy) is 1. The monoisotopic (exact) mass is 389 g/mol. The minimum absolute atomic E-state index is 0.251. The third-order valence-corrected chi connectivity index (χ3v) is 4.62. The predicted octanol–water partition coefficient (Wildman–Crippen LogP) is 4.59. The van der Waals surface area contributed by atoms with E-state index in [-0.39, 0.29) is 18.9 Å². The number of benzene rings is 2. The maximum absolute atomic E-state index is 13.5. The Balaban J connectivity index is 2.68. The second-order valence-electron chi connectivity index (χ2n) is 6.53. The van der Waals surface area contributed by atoms with Crippen molar-refractivity contribution in [2.24, 2.45) is 0 Å². The van der Waals surface area contributed by atoms with E-state index < -0.39 is 11.5 Å². The lowest BCUT2D eigenvalue weighted by atomic mass is 9.87. The van der Waals surface area contributed by atoms with Gasteiger partial charge in [0.15, 0.2) is 5.54 Å². The largest absolute Gasteiger partial charge is 0.467 e. The molecule has 0 saturated carbocycles. The van der Waals surface area contributed by atoms with Gasteiger partial charge in [-0.05, 0) is 43.7 Å². The zero-order chi connectivity index (χ0) is 21.1. The van der Waals surface area contributed by atoms with Crippen molar-refractivity contribution in [1.29, 1.82) is 0 Å². The summed E-state index contributed by atoms with van der Waals surface area (Å²) in [6, 6.07) is 18.5. The van der Waals surface area contributed by atoms with Crippen molar-refractivity contribution < 1.29 is 14.3 Å². The SMILES string of the molecule is CC=C=CC(Cc1ccccc1)(C(=O)OC)N(C/C=C/C)C(=O)c1ccccc1. The molecule has 0 aliphatic rings. The number of methoxy groups -OCH3 is 1. The van der Waals surface area contributed by atoms with Gasteiger partial charge in [-0.25, -0.2) is 4.79 Å². The molecule has 0 bridgehead atoms. The minimum Gasteiger partial charge on any atom is -0.467 e. The zero-order valence-corrected chi connectivity index (χ0v) is 17.2. The Labute approximate surface area is 172 Å². The van der Waals surface area contributed by atoms with Crippen LogP contribution in [0, 0.1) is 0 Å². The summed E-state index contributed by atoms with van der Waals surface area (Å²) in [6.45, 7) is 3.95. The molecular weight excluding hydrogens is 362 g/mol. The average molecular weight is 389 g/mol. The predicted molar refractivity (Wildman–Crippen MR) is 116 cm³/mol. The van der Waals surface area contributed by atoms with Crippen LogP contribution >= 0.6 is 0 Å². The van der Waals surface area contributed by atoms with Crippen LogP contribution in [-0.4, -0.2) is 36.0 Å². The van der Waals surface area contributed by atoms with E-state index in [9.17, 15) is 9.59 Å². The van der Waals surface area contributed by atoms with E-state index in [4.69, 9.17) is 4.74 Å². The highest BCUT2D eigenvalue weighted by molar-refractivity contribution is 5.99. The first-order valence-corrected chi connectivity index (χ1v) is 9.57. The highest BCUT2D eigenvalue weighted by Crippen LogP contribution is 2.27.